The zero-order chi connectivity index (χ0) is 22.8. The van der Waals surface area contributed by atoms with Crippen molar-refractivity contribution in [1.29, 1.82) is 0 Å². The minimum absolute atomic E-state index is 0.0650. The topological polar surface area (TPSA) is 58.6 Å². The van der Waals surface area contributed by atoms with Gasteiger partial charge in [0.25, 0.3) is 5.91 Å². The Labute approximate surface area is 186 Å². The number of benzene rings is 2. The maximum Gasteiger partial charge on any atom is 0.261 e. The van der Waals surface area contributed by atoms with Crippen molar-refractivity contribution in [3.8, 4) is 5.75 Å². The van der Waals surface area contributed by atoms with Gasteiger partial charge in [-0.15, -0.1) is 0 Å². The molecule has 31 heavy (non-hydrogen) atoms. The summed E-state index contributed by atoms with van der Waals surface area (Å²) in [6.07, 6.45) is 1.52. The first-order chi connectivity index (χ1) is 14.8. The maximum absolute atomic E-state index is 13.1. The summed E-state index contributed by atoms with van der Waals surface area (Å²) in [5.74, 6) is 0.672. The number of para-hydroxylation sites is 1. The van der Waals surface area contributed by atoms with Gasteiger partial charge in [0.2, 0.25) is 5.91 Å². The van der Waals surface area contributed by atoms with Crippen LogP contribution in [-0.4, -0.2) is 41.9 Å². The molecule has 0 aromatic heterocycles. The SMILES string of the molecule is CC[C@@H](C)NC(=O)[C@H](C)N(CCc1ccccc1)C(=O)COc1ccccc1C(C)C. The van der Waals surface area contributed by atoms with Crippen molar-refractivity contribution in [3.63, 3.8) is 0 Å². The van der Waals surface area contributed by atoms with E-state index in [1.54, 1.807) is 11.8 Å². The molecule has 1 N–H and O–H groups in total. The summed E-state index contributed by atoms with van der Waals surface area (Å²) < 4.78 is 5.90. The molecule has 0 spiro atoms. The highest BCUT2D eigenvalue weighted by Crippen LogP contribution is 2.25. The van der Waals surface area contributed by atoms with E-state index in [-0.39, 0.29) is 24.5 Å². The Balaban J connectivity index is 2.12. The van der Waals surface area contributed by atoms with Crippen molar-refractivity contribution in [2.75, 3.05) is 13.2 Å². The maximum atomic E-state index is 13.1. The van der Waals surface area contributed by atoms with Gasteiger partial charge in [-0.3, -0.25) is 9.59 Å². The molecule has 0 aliphatic heterocycles. The number of hydrogen-bond acceptors (Lipinski definition) is 3. The lowest BCUT2D eigenvalue weighted by atomic mass is 10.0. The van der Waals surface area contributed by atoms with E-state index in [1.165, 1.54) is 0 Å². The van der Waals surface area contributed by atoms with Crippen LogP contribution >= 0.6 is 0 Å². The van der Waals surface area contributed by atoms with Crippen LogP contribution in [0.3, 0.4) is 0 Å². The highest BCUT2D eigenvalue weighted by Gasteiger charge is 2.27. The lowest BCUT2D eigenvalue weighted by Crippen LogP contribution is -2.51. The Kier molecular flexibility index (Phi) is 9.57. The van der Waals surface area contributed by atoms with Gasteiger partial charge < -0.3 is 15.0 Å². The Hall–Kier alpha value is -2.82. The van der Waals surface area contributed by atoms with Crippen molar-refractivity contribution >= 4 is 11.8 Å². The van der Waals surface area contributed by atoms with E-state index in [2.05, 4.69) is 19.2 Å². The lowest BCUT2D eigenvalue weighted by Gasteiger charge is -2.29. The predicted octanol–water partition coefficient (Wildman–Crippen LogP) is 4.56. The first-order valence-electron chi connectivity index (χ1n) is 11.2. The van der Waals surface area contributed by atoms with Crippen molar-refractivity contribution in [2.45, 2.75) is 65.5 Å². The van der Waals surface area contributed by atoms with Crippen molar-refractivity contribution in [2.24, 2.45) is 0 Å². The number of nitrogens with one attached hydrogen (secondary N) is 1. The molecule has 0 saturated heterocycles. The van der Waals surface area contributed by atoms with Crippen LogP contribution in [0.5, 0.6) is 5.75 Å². The molecule has 0 aliphatic rings. The van der Waals surface area contributed by atoms with E-state index in [0.717, 1.165) is 17.5 Å². The van der Waals surface area contributed by atoms with Gasteiger partial charge in [-0.25, -0.2) is 0 Å². The van der Waals surface area contributed by atoms with Crippen LogP contribution in [-0.2, 0) is 16.0 Å². The average Bonchev–Trinajstić information content (AvgIpc) is 2.78. The fourth-order valence-corrected chi connectivity index (χ4v) is 3.35. The second kappa shape index (κ2) is 12.1. The molecule has 2 aromatic rings. The minimum Gasteiger partial charge on any atom is -0.483 e. The molecule has 0 saturated carbocycles. The molecular formula is C26H36N2O3. The summed E-state index contributed by atoms with van der Waals surface area (Å²) >= 11 is 0. The normalized spacial score (nSPS) is 12.8. The van der Waals surface area contributed by atoms with Crippen LogP contribution in [0.25, 0.3) is 0 Å². The molecular weight excluding hydrogens is 388 g/mol. The molecule has 168 valence electrons. The fourth-order valence-electron chi connectivity index (χ4n) is 3.35. The summed E-state index contributed by atoms with van der Waals surface area (Å²) in [7, 11) is 0. The third-order valence-corrected chi connectivity index (χ3v) is 5.54. The summed E-state index contributed by atoms with van der Waals surface area (Å²) in [6.45, 7) is 10.3. The van der Waals surface area contributed by atoms with Gasteiger partial charge in [0.1, 0.15) is 11.8 Å². The monoisotopic (exact) mass is 424 g/mol. The van der Waals surface area contributed by atoms with Crippen LogP contribution in [0.4, 0.5) is 0 Å². The van der Waals surface area contributed by atoms with Crippen LogP contribution in [0.2, 0.25) is 0 Å². The van der Waals surface area contributed by atoms with E-state index in [0.29, 0.717) is 24.6 Å². The number of ether oxygens (including phenoxy) is 1. The van der Waals surface area contributed by atoms with Gasteiger partial charge in [0.15, 0.2) is 6.61 Å². The van der Waals surface area contributed by atoms with Gasteiger partial charge >= 0.3 is 0 Å². The largest absolute Gasteiger partial charge is 0.483 e. The molecule has 2 amide bonds. The third kappa shape index (κ3) is 7.42. The highest BCUT2D eigenvalue weighted by molar-refractivity contribution is 5.88. The van der Waals surface area contributed by atoms with Gasteiger partial charge in [0.05, 0.1) is 0 Å². The van der Waals surface area contributed by atoms with Gasteiger partial charge in [-0.05, 0) is 49.8 Å². The van der Waals surface area contributed by atoms with Crippen LogP contribution in [0.15, 0.2) is 54.6 Å². The molecule has 2 rings (SSSR count). The summed E-state index contributed by atoms with van der Waals surface area (Å²) in [4.78, 5) is 27.5. The Morgan fingerprint density at radius 2 is 1.61 bits per heavy atom. The third-order valence-electron chi connectivity index (χ3n) is 5.54. The number of carbonyl (C=O) groups is 2. The molecule has 0 radical (unpaired) electrons. The Bertz CT molecular complexity index is 836. The highest BCUT2D eigenvalue weighted by atomic mass is 16.5. The van der Waals surface area contributed by atoms with E-state index in [9.17, 15) is 9.59 Å². The molecule has 0 heterocycles. The van der Waals surface area contributed by atoms with E-state index in [1.807, 2.05) is 68.4 Å². The van der Waals surface area contributed by atoms with Gasteiger partial charge in [-0.1, -0.05) is 69.3 Å². The summed E-state index contributed by atoms with van der Waals surface area (Å²) in [5, 5.41) is 2.99. The van der Waals surface area contributed by atoms with Gasteiger partial charge in [-0.2, -0.15) is 0 Å². The molecule has 0 aliphatic carbocycles. The fraction of sp³-hybridized carbons (Fsp3) is 0.462. The molecule has 2 atom stereocenters. The lowest BCUT2D eigenvalue weighted by molar-refractivity contribution is -0.141. The predicted molar refractivity (Wildman–Crippen MR) is 125 cm³/mol. The average molecular weight is 425 g/mol. The zero-order valence-corrected chi connectivity index (χ0v) is 19.4. The van der Waals surface area contributed by atoms with Crippen LogP contribution in [0.1, 0.15) is 58.1 Å². The van der Waals surface area contributed by atoms with Crippen LogP contribution in [0, 0.1) is 0 Å². The van der Waals surface area contributed by atoms with Gasteiger partial charge in [0, 0.05) is 12.6 Å². The van der Waals surface area contributed by atoms with E-state index >= 15 is 0 Å². The Morgan fingerprint density at radius 1 is 0.968 bits per heavy atom. The molecule has 0 bridgehead atoms. The summed E-state index contributed by atoms with van der Waals surface area (Å²) in [5.41, 5.74) is 2.19. The second-order valence-corrected chi connectivity index (χ2v) is 8.30. The molecule has 0 fully saturated rings. The van der Waals surface area contributed by atoms with Crippen molar-refractivity contribution < 1.29 is 14.3 Å². The molecule has 5 heteroatoms. The van der Waals surface area contributed by atoms with E-state index in [4.69, 9.17) is 4.74 Å². The number of nitrogens with zero attached hydrogens (tertiary/aromatic N) is 1. The van der Waals surface area contributed by atoms with Crippen LogP contribution < -0.4 is 10.1 Å². The standard InChI is InChI=1S/C26H36N2O3/c1-6-20(4)27-26(30)21(5)28(17-16-22-12-8-7-9-13-22)25(29)18-31-24-15-11-10-14-23(24)19(2)3/h7-15,19-21H,6,16-18H2,1-5H3,(H,27,30)/t20-,21+/m1/s1. The minimum atomic E-state index is -0.575. The molecule has 5 nitrogen and oxygen atoms in total. The Morgan fingerprint density at radius 3 is 2.26 bits per heavy atom. The number of rotatable bonds is 11. The molecule has 0 unspecified atom stereocenters. The zero-order valence-electron chi connectivity index (χ0n) is 19.4. The number of amides is 2. The van der Waals surface area contributed by atoms with Crippen molar-refractivity contribution in [1.82, 2.24) is 10.2 Å². The number of hydrogen-bond donors (Lipinski definition) is 1. The number of carbonyl (C=O) groups excluding carboxylic acids is 2. The molecule has 2 aromatic carbocycles. The second-order valence-electron chi connectivity index (χ2n) is 8.30. The van der Waals surface area contributed by atoms with E-state index < -0.39 is 6.04 Å². The van der Waals surface area contributed by atoms with Crippen molar-refractivity contribution in [3.05, 3.63) is 65.7 Å². The first kappa shape index (κ1) is 24.4. The summed E-state index contributed by atoms with van der Waals surface area (Å²) in [6, 6.07) is 17.2. The first-order valence-corrected chi connectivity index (χ1v) is 11.2. The smallest absolute Gasteiger partial charge is 0.261 e. The quantitative estimate of drug-likeness (QED) is 0.575.